The van der Waals surface area contributed by atoms with E-state index in [2.05, 4.69) is 15.5 Å². The Morgan fingerprint density at radius 2 is 2.04 bits per heavy atom. The maximum absolute atomic E-state index is 12.4. The molecule has 1 amide bonds. The third kappa shape index (κ3) is 4.89. The maximum Gasteiger partial charge on any atom is 0.233 e. The van der Waals surface area contributed by atoms with Gasteiger partial charge in [-0.25, -0.2) is 4.68 Å². The van der Waals surface area contributed by atoms with Gasteiger partial charge in [0.15, 0.2) is 0 Å². The summed E-state index contributed by atoms with van der Waals surface area (Å²) in [6.45, 7) is 4.16. The van der Waals surface area contributed by atoms with E-state index in [9.17, 15) is 4.79 Å². The van der Waals surface area contributed by atoms with Crippen LogP contribution in [0.5, 0.6) is 11.5 Å². The minimum atomic E-state index is 0.126. The molecule has 1 aliphatic heterocycles. The van der Waals surface area contributed by atoms with Gasteiger partial charge in [0.1, 0.15) is 18.0 Å². The summed E-state index contributed by atoms with van der Waals surface area (Å²) in [4.78, 5) is 15.8. The van der Waals surface area contributed by atoms with Crippen molar-refractivity contribution in [3.05, 3.63) is 23.8 Å². The lowest BCUT2D eigenvalue weighted by Gasteiger charge is -2.32. The number of aryl methyl sites for hydroxylation is 1. The van der Waals surface area contributed by atoms with Gasteiger partial charge in [-0.05, 0) is 28.6 Å². The van der Waals surface area contributed by atoms with Crippen molar-refractivity contribution in [1.82, 2.24) is 25.1 Å². The van der Waals surface area contributed by atoms with Crippen LogP contribution in [0.3, 0.4) is 0 Å². The first kappa shape index (κ1) is 19.4. The molecule has 10 heteroatoms. The third-order valence-electron chi connectivity index (χ3n) is 4.66. The van der Waals surface area contributed by atoms with Crippen molar-refractivity contribution < 1.29 is 19.2 Å². The molecule has 1 saturated heterocycles. The van der Waals surface area contributed by atoms with Crippen molar-refractivity contribution in [2.45, 2.75) is 11.7 Å². The number of hydrogen-bond donors (Lipinski definition) is 1. The molecular weight excluding hydrogens is 368 g/mol. The quantitative estimate of drug-likeness (QED) is 0.619. The lowest BCUT2D eigenvalue weighted by molar-refractivity contribution is -0.917. The van der Waals surface area contributed by atoms with Crippen LogP contribution in [0, 0.1) is 0 Å². The molecule has 0 radical (unpaired) electrons. The molecule has 1 fully saturated rings. The van der Waals surface area contributed by atoms with E-state index < -0.39 is 0 Å². The van der Waals surface area contributed by atoms with E-state index in [4.69, 9.17) is 9.47 Å². The smallest absolute Gasteiger partial charge is 0.233 e. The molecule has 0 aliphatic carbocycles. The average molecular weight is 393 g/mol. The van der Waals surface area contributed by atoms with Crippen molar-refractivity contribution >= 4 is 17.7 Å². The number of aromatic nitrogens is 4. The van der Waals surface area contributed by atoms with E-state index >= 15 is 0 Å². The molecule has 0 atom stereocenters. The highest BCUT2D eigenvalue weighted by molar-refractivity contribution is 7.99. The highest BCUT2D eigenvalue weighted by Crippen LogP contribution is 2.23. The number of nitrogens with one attached hydrogen (secondary N) is 1. The number of carbonyl (C=O) groups excluding carboxylic acids is 1. The molecule has 0 spiro atoms. The Hall–Kier alpha value is -2.33. The van der Waals surface area contributed by atoms with E-state index in [1.165, 1.54) is 16.7 Å². The number of hydrogen-bond acceptors (Lipinski definition) is 7. The summed E-state index contributed by atoms with van der Waals surface area (Å²) in [6.07, 6.45) is 0. The van der Waals surface area contributed by atoms with Crippen LogP contribution < -0.4 is 14.4 Å². The largest absolute Gasteiger partial charge is 0.497 e. The number of methoxy groups -OCH3 is 2. The molecular formula is C17H25N6O3S+. The zero-order chi connectivity index (χ0) is 19.2. The first-order valence-corrected chi connectivity index (χ1v) is 9.76. The molecule has 1 aliphatic rings. The molecule has 27 heavy (non-hydrogen) atoms. The Kier molecular flexibility index (Phi) is 6.51. The van der Waals surface area contributed by atoms with Crippen LogP contribution in [0.25, 0.3) is 0 Å². The van der Waals surface area contributed by atoms with Crippen molar-refractivity contribution in [3.8, 4) is 11.5 Å². The molecule has 0 saturated carbocycles. The van der Waals surface area contributed by atoms with E-state index in [0.717, 1.165) is 49.8 Å². The normalized spacial score (nSPS) is 15.0. The number of nitrogens with zero attached hydrogens (tertiary/aromatic N) is 5. The maximum atomic E-state index is 12.4. The van der Waals surface area contributed by atoms with Gasteiger partial charge in [-0.3, -0.25) is 4.79 Å². The van der Waals surface area contributed by atoms with Crippen LogP contribution in [-0.4, -0.2) is 77.2 Å². The Morgan fingerprint density at radius 1 is 1.26 bits per heavy atom. The number of thioether (sulfide) groups is 1. The van der Waals surface area contributed by atoms with Crippen LogP contribution in [0.2, 0.25) is 0 Å². The Labute approximate surface area is 162 Å². The van der Waals surface area contributed by atoms with Gasteiger partial charge in [0.25, 0.3) is 0 Å². The molecule has 3 rings (SSSR count). The molecule has 0 unspecified atom stereocenters. The molecule has 146 valence electrons. The number of quaternary nitrogens is 1. The number of carbonyl (C=O) groups is 1. The second-order valence-electron chi connectivity index (χ2n) is 6.36. The average Bonchev–Trinajstić information content (AvgIpc) is 3.11. The Balaban J connectivity index is 1.50. The van der Waals surface area contributed by atoms with Gasteiger partial charge < -0.3 is 19.3 Å². The summed E-state index contributed by atoms with van der Waals surface area (Å²) in [5.41, 5.74) is 1.12. The number of piperazine rings is 1. The van der Waals surface area contributed by atoms with Gasteiger partial charge in [-0.2, -0.15) is 0 Å². The van der Waals surface area contributed by atoms with E-state index in [-0.39, 0.29) is 5.91 Å². The fraction of sp³-hybridized carbons (Fsp3) is 0.529. The van der Waals surface area contributed by atoms with E-state index in [0.29, 0.717) is 10.9 Å². The zero-order valence-corrected chi connectivity index (χ0v) is 16.7. The first-order chi connectivity index (χ1) is 13.1. The lowest BCUT2D eigenvalue weighted by Crippen LogP contribution is -3.13. The van der Waals surface area contributed by atoms with Crippen molar-refractivity contribution in [3.63, 3.8) is 0 Å². The van der Waals surface area contributed by atoms with Gasteiger partial charge in [0.05, 0.1) is 51.7 Å². The summed E-state index contributed by atoms with van der Waals surface area (Å²) in [5.74, 6) is 2.18. The summed E-state index contributed by atoms with van der Waals surface area (Å²) < 4.78 is 12.4. The summed E-state index contributed by atoms with van der Waals surface area (Å²) >= 11 is 1.37. The molecule has 0 bridgehead atoms. The summed E-state index contributed by atoms with van der Waals surface area (Å²) in [5, 5.41) is 11.9. The predicted octanol–water partition coefficient (Wildman–Crippen LogP) is -0.753. The minimum Gasteiger partial charge on any atom is -0.497 e. The van der Waals surface area contributed by atoms with Crippen molar-refractivity contribution in [2.24, 2.45) is 7.05 Å². The van der Waals surface area contributed by atoms with Gasteiger partial charge in [0, 0.05) is 7.05 Å². The van der Waals surface area contributed by atoms with Crippen LogP contribution in [0.4, 0.5) is 0 Å². The zero-order valence-electron chi connectivity index (χ0n) is 15.8. The van der Waals surface area contributed by atoms with Gasteiger partial charge in [-0.15, -0.1) is 5.10 Å². The molecule has 9 nitrogen and oxygen atoms in total. The number of rotatable bonds is 7. The third-order valence-corrected chi connectivity index (χ3v) is 5.65. The monoisotopic (exact) mass is 393 g/mol. The second-order valence-corrected chi connectivity index (χ2v) is 7.30. The number of ether oxygens (including phenoxy) is 2. The molecule has 2 aromatic rings. The molecule has 1 aromatic carbocycles. The van der Waals surface area contributed by atoms with E-state index in [1.807, 2.05) is 23.1 Å². The second kappa shape index (κ2) is 9.05. The topological polar surface area (TPSA) is 86.8 Å². The van der Waals surface area contributed by atoms with Crippen molar-refractivity contribution in [1.29, 1.82) is 0 Å². The number of benzene rings is 1. The minimum absolute atomic E-state index is 0.126. The highest BCUT2D eigenvalue weighted by Gasteiger charge is 2.25. The van der Waals surface area contributed by atoms with Crippen LogP contribution in [0.1, 0.15) is 5.56 Å². The fourth-order valence-electron chi connectivity index (χ4n) is 3.10. The predicted molar refractivity (Wildman–Crippen MR) is 100 cm³/mol. The molecule has 2 heterocycles. The standard InChI is InChI=1S/C17H24N6O3S/c1-21-17(18-19-20-21)27-12-16(24)23-8-6-22(7-9-23)11-13-10-14(25-2)4-5-15(13)26-3/h4-5,10H,6-9,11-12H2,1-3H3/p+1. The Bertz CT molecular complexity index is 776. The summed E-state index contributed by atoms with van der Waals surface area (Å²) in [7, 11) is 5.11. The van der Waals surface area contributed by atoms with Gasteiger partial charge in [-0.1, -0.05) is 11.8 Å². The van der Waals surface area contributed by atoms with Crippen LogP contribution >= 0.6 is 11.8 Å². The summed E-state index contributed by atoms with van der Waals surface area (Å²) in [6, 6.07) is 5.86. The fourth-order valence-corrected chi connectivity index (χ4v) is 3.85. The van der Waals surface area contributed by atoms with Gasteiger partial charge in [0.2, 0.25) is 11.1 Å². The lowest BCUT2D eigenvalue weighted by atomic mass is 10.1. The van der Waals surface area contributed by atoms with Crippen LogP contribution in [-0.2, 0) is 18.4 Å². The number of amides is 1. The molecule has 1 N–H and O–H groups in total. The van der Waals surface area contributed by atoms with Crippen molar-refractivity contribution in [2.75, 3.05) is 46.2 Å². The number of tetrazole rings is 1. The first-order valence-electron chi connectivity index (χ1n) is 8.78. The SMILES string of the molecule is COc1ccc(OC)c(C[NH+]2CCN(C(=O)CSc3nnnn3C)CC2)c1. The van der Waals surface area contributed by atoms with E-state index in [1.54, 1.807) is 25.9 Å². The highest BCUT2D eigenvalue weighted by atomic mass is 32.2. The van der Waals surface area contributed by atoms with Crippen LogP contribution in [0.15, 0.2) is 23.4 Å². The van der Waals surface area contributed by atoms with Gasteiger partial charge >= 0.3 is 0 Å². The Morgan fingerprint density at radius 3 is 2.67 bits per heavy atom. The molecule has 1 aromatic heterocycles.